The lowest BCUT2D eigenvalue weighted by atomic mass is 9.88. The van der Waals surface area contributed by atoms with Crippen LogP contribution in [0, 0.1) is 5.92 Å². The van der Waals surface area contributed by atoms with E-state index in [1.165, 1.54) is 6.92 Å². The highest BCUT2D eigenvalue weighted by Crippen LogP contribution is 2.47. The van der Waals surface area contributed by atoms with Crippen molar-refractivity contribution in [1.29, 1.82) is 0 Å². The van der Waals surface area contributed by atoms with Crippen LogP contribution >= 0.6 is 0 Å². The number of hydrogen-bond donors (Lipinski definition) is 0. The minimum Gasteiger partial charge on any atom is -0.463 e. The van der Waals surface area contributed by atoms with Gasteiger partial charge in [0.05, 0.1) is 18.6 Å². The molecule has 0 aromatic rings. The quantitative estimate of drug-likeness (QED) is 0.384. The maximum Gasteiger partial charge on any atom is 0.347 e. The van der Waals surface area contributed by atoms with Gasteiger partial charge in [0.2, 0.25) is 6.10 Å². The first-order chi connectivity index (χ1) is 13.2. The Morgan fingerprint density at radius 3 is 2.21 bits per heavy atom. The predicted molar refractivity (Wildman–Crippen MR) is 91.6 cm³/mol. The fourth-order valence-electron chi connectivity index (χ4n) is 3.42. The van der Waals surface area contributed by atoms with Crippen LogP contribution < -0.4 is 0 Å². The molecule has 0 N–H and O–H groups in total. The Hall–Kier alpha value is -2.68. The molecule has 4 heterocycles. The zero-order chi connectivity index (χ0) is 20.6. The van der Waals surface area contributed by atoms with E-state index in [1.54, 1.807) is 6.92 Å². The van der Waals surface area contributed by atoms with Gasteiger partial charge in [0, 0.05) is 17.6 Å². The summed E-state index contributed by atoms with van der Waals surface area (Å²) in [7, 11) is 0. The van der Waals surface area contributed by atoms with E-state index in [-0.39, 0.29) is 29.7 Å². The van der Waals surface area contributed by atoms with Gasteiger partial charge in [0.1, 0.15) is 6.10 Å². The van der Waals surface area contributed by atoms with E-state index >= 15 is 0 Å². The molecule has 4 saturated heterocycles. The Morgan fingerprint density at radius 1 is 1.00 bits per heavy atom. The summed E-state index contributed by atoms with van der Waals surface area (Å²) in [5.41, 5.74) is 0.623. The average molecular weight is 394 g/mol. The maximum absolute atomic E-state index is 11.4. The van der Waals surface area contributed by atoms with Gasteiger partial charge in [0.15, 0.2) is 12.2 Å². The van der Waals surface area contributed by atoms with Crippen molar-refractivity contribution in [1.82, 2.24) is 0 Å². The number of cyclic esters (lactones) is 1. The largest absolute Gasteiger partial charge is 0.463 e. The summed E-state index contributed by atoms with van der Waals surface area (Å²) in [6.45, 7) is 10.3. The van der Waals surface area contributed by atoms with E-state index in [2.05, 4.69) is 17.9 Å². The molecule has 0 aromatic heterocycles. The van der Waals surface area contributed by atoms with Gasteiger partial charge >= 0.3 is 23.9 Å². The summed E-state index contributed by atoms with van der Waals surface area (Å²) in [5.74, 6) is -1.86. The number of hydrogen-bond acceptors (Lipinski definition) is 9. The first kappa shape index (κ1) is 20.1. The Kier molecular flexibility index (Phi) is 5.55. The van der Waals surface area contributed by atoms with Crippen LogP contribution in [0.5, 0.6) is 0 Å². The zero-order valence-corrected chi connectivity index (χ0v) is 15.7. The molecule has 9 nitrogen and oxygen atoms in total. The van der Waals surface area contributed by atoms with Crippen molar-refractivity contribution in [2.24, 2.45) is 5.92 Å². The molecular weight excluding hydrogens is 372 g/mol. The third-order valence-corrected chi connectivity index (χ3v) is 4.86. The van der Waals surface area contributed by atoms with Crippen LogP contribution in [0.15, 0.2) is 24.3 Å². The normalized spacial score (nSPS) is 34.1. The van der Waals surface area contributed by atoms with E-state index in [1.807, 2.05) is 0 Å². The second-order valence-electron chi connectivity index (χ2n) is 7.16. The van der Waals surface area contributed by atoms with Crippen LogP contribution in [0.2, 0.25) is 0 Å². The molecular formula is C19H22O9. The van der Waals surface area contributed by atoms with Gasteiger partial charge in [-0.25, -0.2) is 14.4 Å². The molecule has 0 radical (unpaired) electrons. The average Bonchev–Trinajstić information content (AvgIpc) is 3.35. The van der Waals surface area contributed by atoms with E-state index < -0.39 is 36.2 Å². The molecule has 0 aromatic carbocycles. The molecule has 0 saturated carbocycles. The molecule has 6 unspecified atom stereocenters. The van der Waals surface area contributed by atoms with E-state index in [4.69, 9.17) is 18.9 Å². The van der Waals surface area contributed by atoms with Crippen molar-refractivity contribution in [3.8, 4) is 0 Å². The number of carbonyl (C=O) groups is 4. The monoisotopic (exact) mass is 394 g/mol. The summed E-state index contributed by atoms with van der Waals surface area (Å²) in [6, 6.07) is 0. The van der Waals surface area contributed by atoms with Crippen LogP contribution in [0.25, 0.3) is 0 Å². The van der Waals surface area contributed by atoms with Crippen molar-refractivity contribution in [2.45, 2.75) is 57.2 Å². The van der Waals surface area contributed by atoms with Crippen molar-refractivity contribution in [3.05, 3.63) is 24.3 Å². The van der Waals surface area contributed by atoms with E-state index in [0.717, 1.165) is 0 Å². The van der Waals surface area contributed by atoms with Crippen LogP contribution in [0.1, 0.15) is 26.7 Å². The Balaban J connectivity index is 0.000000169. The second kappa shape index (κ2) is 7.75. The van der Waals surface area contributed by atoms with Gasteiger partial charge in [0.25, 0.3) is 0 Å². The first-order valence-electron chi connectivity index (χ1n) is 8.94. The summed E-state index contributed by atoms with van der Waals surface area (Å²) < 4.78 is 25.3. The molecule has 9 heteroatoms. The summed E-state index contributed by atoms with van der Waals surface area (Å²) in [4.78, 5) is 44.5. The van der Waals surface area contributed by atoms with Gasteiger partial charge in [-0.15, -0.1) is 0 Å². The van der Waals surface area contributed by atoms with Crippen molar-refractivity contribution >= 4 is 23.9 Å². The van der Waals surface area contributed by atoms with Gasteiger partial charge in [-0.1, -0.05) is 13.2 Å². The molecule has 4 aliphatic rings. The fraction of sp³-hybridized carbons (Fsp3) is 0.579. The highest BCUT2D eigenvalue weighted by atomic mass is 16.7. The molecule has 152 valence electrons. The molecule has 4 fully saturated rings. The number of rotatable bonds is 4. The lowest BCUT2D eigenvalue weighted by Gasteiger charge is -2.22. The summed E-state index contributed by atoms with van der Waals surface area (Å²) >= 11 is 0. The molecule has 4 aliphatic heterocycles. The number of fused-ring (bicyclic) bond motifs is 1. The number of esters is 4. The third-order valence-electron chi connectivity index (χ3n) is 4.86. The zero-order valence-electron chi connectivity index (χ0n) is 15.7. The van der Waals surface area contributed by atoms with Gasteiger partial charge < -0.3 is 23.7 Å². The summed E-state index contributed by atoms with van der Waals surface area (Å²) in [6.07, 6.45) is -0.993. The molecule has 28 heavy (non-hydrogen) atoms. The van der Waals surface area contributed by atoms with E-state index in [9.17, 15) is 19.2 Å². The minimum atomic E-state index is -0.728. The smallest absolute Gasteiger partial charge is 0.347 e. The molecule has 0 spiro atoms. The second-order valence-corrected chi connectivity index (χ2v) is 7.16. The molecule has 0 amide bonds. The van der Waals surface area contributed by atoms with Crippen molar-refractivity contribution in [2.75, 3.05) is 6.61 Å². The Bertz CT molecular complexity index is 740. The number of ether oxygens (including phenoxy) is 5. The highest BCUT2D eigenvalue weighted by molar-refractivity contribution is 5.89. The van der Waals surface area contributed by atoms with Gasteiger partial charge in [-0.2, -0.15) is 0 Å². The van der Waals surface area contributed by atoms with Crippen LogP contribution in [0.4, 0.5) is 0 Å². The molecule has 0 aliphatic carbocycles. The lowest BCUT2D eigenvalue weighted by molar-refractivity contribution is -0.157. The SMILES string of the molecule is C=C(C)C(=O)OC1C2CC3C(=O)OC1C3O2.C=C(C)C(=O)OC1CCOC1=O. The van der Waals surface area contributed by atoms with Gasteiger partial charge in [-0.05, 0) is 20.3 Å². The van der Waals surface area contributed by atoms with E-state index in [0.29, 0.717) is 25.0 Å². The maximum atomic E-state index is 11.4. The van der Waals surface area contributed by atoms with Gasteiger partial charge in [-0.3, -0.25) is 4.79 Å². The third kappa shape index (κ3) is 3.80. The minimum absolute atomic E-state index is 0.158. The Labute approximate surface area is 161 Å². The topological polar surface area (TPSA) is 114 Å². The number of carbonyl (C=O) groups excluding carboxylic acids is 4. The van der Waals surface area contributed by atoms with Crippen LogP contribution in [-0.4, -0.2) is 61.0 Å². The highest BCUT2D eigenvalue weighted by Gasteiger charge is 2.65. The fourth-order valence-corrected chi connectivity index (χ4v) is 3.42. The standard InChI is InChI=1S/C11H12O5.C8H10O4/c1-4(2)10(12)15-8-6-3-5-7(14-6)9(8)16-11(5)13;1-5(2)7(9)12-6-3-4-11-8(6)10/h5-9H,1,3H2,2H3;6H,1,3-4H2,2H3. The molecule has 2 bridgehead atoms. The predicted octanol–water partition coefficient (Wildman–Crippen LogP) is 0.608. The first-order valence-corrected chi connectivity index (χ1v) is 8.94. The summed E-state index contributed by atoms with van der Waals surface area (Å²) in [5, 5.41) is 0. The molecule has 4 rings (SSSR count). The van der Waals surface area contributed by atoms with Crippen molar-refractivity contribution in [3.63, 3.8) is 0 Å². The Morgan fingerprint density at radius 2 is 1.64 bits per heavy atom. The van der Waals surface area contributed by atoms with Crippen LogP contribution in [0.3, 0.4) is 0 Å². The van der Waals surface area contributed by atoms with Crippen molar-refractivity contribution < 1.29 is 42.9 Å². The lowest BCUT2D eigenvalue weighted by Crippen LogP contribution is -2.40. The molecule has 6 atom stereocenters. The van der Waals surface area contributed by atoms with Crippen LogP contribution in [-0.2, 0) is 42.9 Å².